The van der Waals surface area contributed by atoms with Crippen LogP contribution in [0.25, 0.3) is 0 Å². The quantitative estimate of drug-likeness (QED) is 0.920. The van der Waals surface area contributed by atoms with E-state index in [2.05, 4.69) is 21.8 Å². The molecule has 0 aromatic carbocycles. The third-order valence-corrected chi connectivity index (χ3v) is 3.86. The Morgan fingerprint density at radius 1 is 1.40 bits per heavy atom. The number of carbonyl (C=O) groups is 1. The summed E-state index contributed by atoms with van der Waals surface area (Å²) >= 11 is 0. The lowest BCUT2D eigenvalue weighted by Gasteiger charge is -2.24. The third kappa shape index (κ3) is 3.26. The molecule has 110 valence electrons. The highest BCUT2D eigenvalue weighted by atomic mass is 16.4. The van der Waals surface area contributed by atoms with Crippen molar-refractivity contribution in [3.8, 4) is 0 Å². The minimum atomic E-state index is -0.971. The van der Waals surface area contributed by atoms with Gasteiger partial charge in [-0.15, -0.1) is 0 Å². The Morgan fingerprint density at radius 2 is 2.15 bits per heavy atom. The van der Waals surface area contributed by atoms with Crippen LogP contribution in [0.5, 0.6) is 0 Å². The fraction of sp³-hybridized carbons (Fsp3) is 0.667. The molecular weight excluding hydrogens is 254 g/mol. The van der Waals surface area contributed by atoms with Crippen LogP contribution in [0.1, 0.15) is 62.3 Å². The summed E-state index contributed by atoms with van der Waals surface area (Å²) in [5.74, 6) is 0.450. The van der Waals surface area contributed by atoms with Crippen LogP contribution in [-0.2, 0) is 0 Å². The largest absolute Gasteiger partial charge is 0.476 e. The average molecular weight is 277 g/mol. The molecule has 0 bridgehead atoms. The second kappa shape index (κ2) is 6.20. The van der Waals surface area contributed by atoms with E-state index in [4.69, 9.17) is 0 Å². The molecule has 1 aromatic rings. The Morgan fingerprint density at radius 3 is 2.80 bits per heavy atom. The third-order valence-electron chi connectivity index (χ3n) is 3.86. The van der Waals surface area contributed by atoms with Gasteiger partial charge in [-0.05, 0) is 25.2 Å². The molecule has 1 N–H and O–H groups in total. The monoisotopic (exact) mass is 277 g/mol. The lowest BCUT2D eigenvalue weighted by atomic mass is 10.0. The van der Waals surface area contributed by atoms with Crippen LogP contribution in [0, 0.1) is 5.92 Å². The van der Waals surface area contributed by atoms with Gasteiger partial charge in [-0.3, -0.25) is 0 Å². The minimum Gasteiger partial charge on any atom is -0.476 e. The second-order valence-corrected chi connectivity index (χ2v) is 5.95. The summed E-state index contributed by atoms with van der Waals surface area (Å²) in [5.41, 5.74) is 0.800. The molecule has 20 heavy (non-hydrogen) atoms. The highest BCUT2D eigenvalue weighted by Crippen LogP contribution is 2.25. The maximum Gasteiger partial charge on any atom is 0.356 e. The maximum atomic E-state index is 11.5. The number of aromatic carboxylic acids is 1. The highest BCUT2D eigenvalue weighted by molar-refractivity contribution is 5.92. The van der Waals surface area contributed by atoms with Crippen LogP contribution < -0.4 is 4.90 Å². The fourth-order valence-corrected chi connectivity index (χ4v) is 2.56. The van der Waals surface area contributed by atoms with Crippen molar-refractivity contribution < 1.29 is 9.90 Å². The van der Waals surface area contributed by atoms with E-state index in [0.29, 0.717) is 17.4 Å². The number of rotatable bonds is 3. The van der Waals surface area contributed by atoms with E-state index < -0.39 is 5.97 Å². The summed E-state index contributed by atoms with van der Waals surface area (Å²) in [6.07, 6.45) is 5.06. The number of hydrogen-bond donors (Lipinski definition) is 1. The predicted molar refractivity (Wildman–Crippen MR) is 78.3 cm³/mol. The molecule has 1 aliphatic rings. The summed E-state index contributed by atoms with van der Waals surface area (Å²) in [4.78, 5) is 22.2. The summed E-state index contributed by atoms with van der Waals surface area (Å²) in [6, 6.07) is 0. The Labute approximate surface area is 120 Å². The summed E-state index contributed by atoms with van der Waals surface area (Å²) in [6.45, 7) is 7.95. The number of carboxylic acids is 1. The first kappa shape index (κ1) is 14.8. The maximum absolute atomic E-state index is 11.5. The number of aromatic nitrogens is 2. The minimum absolute atomic E-state index is 0.131. The molecule has 1 unspecified atom stereocenters. The van der Waals surface area contributed by atoms with Crippen LogP contribution in [0.15, 0.2) is 6.20 Å². The zero-order valence-corrected chi connectivity index (χ0v) is 12.5. The molecule has 1 fully saturated rings. The number of hydrogen-bond acceptors (Lipinski definition) is 4. The van der Waals surface area contributed by atoms with Crippen molar-refractivity contribution in [1.29, 1.82) is 0 Å². The van der Waals surface area contributed by atoms with E-state index >= 15 is 0 Å². The first-order chi connectivity index (χ1) is 9.49. The van der Waals surface area contributed by atoms with Crippen LogP contribution in [-0.4, -0.2) is 34.1 Å². The Hall–Kier alpha value is -1.65. The SMILES string of the molecule is CC1CCCN(c2cnc(C(C)C)nc2C(=O)O)CC1. The van der Waals surface area contributed by atoms with Gasteiger partial charge in [0.2, 0.25) is 0 Å². The molecule has 2 heterocycles. The van der Waals surface area contributed by atoms with Gasteiger partial charge in [0.1, 0.15) is 5.82 Å². The van der Waals surface area contributed by atoms with E-state index in [1.165, 1.54) is 6.42 Å². The van der Waals surface area contributed by atoms with Crippen molar-refractivity contribution in [3.05, 3.63) is 17.7 Å². The van der Waals surface area contributed by atoms with E-state index in [0.717, 1.165) is 25.9 Å². The predicted octanol–water partition coefficient (Wildman–Crippen LogP) is 2.92. The molecule has 1 aromatic heterocycles. The smallest absolute Gasteiger partial charge is 0.356 e. The molecule has 1 aliphatic heterocycles. The molecular formula is C15H23N3O2. The molecule has 0 amide bonds. The zero-order chi connectivity index (χ0) is 14.7. The Balaban J connectivity index is 2.32. The first-order valence-corrected chi connectivity index (χ1v) is 7.34. The number of anilines is 1. The van der Waals surface area contributed by atoms with Gasteiger partial charge in [0.25, 0.3) is 0 Å². The standard InChI is InChI=1S/C15H23N3O2/c1-10(2)14-16-9-12(13(17-14)15(19)20)18-7-4-5-11(3)6-8-18/h9-11H,4-8H2,1-3H3,(H,19,20). The van der Waals surface area contributed by atoms with Crippen molar-refractivity contribution in [2.24, 2.45) is 5.92 Å². The van der Waals surface area contributed by atoms with Gasteiger partial charge in [-0.1, -0.05) is 20.8 Å². The van der Waals surface area contributed by atoms with E-state index in [-0.39, 0.29) is 11.6 Å². The van der Waals surface area contributed by atoms with E-state index in [9.17, 15) is 9.90 Å². The molecule has 0 aliphatic carbocycles. The lowest BCUT2D eigenvalue weighted by Crippen LogP contribution is -2.27. The molecule has 2 rings (SSSR count). The number of nitrogens with zero attached hydrogens (tertiary/aromatic N) is 3. The first-order valence-electron chi connectivity index (χ1n) is 7.34. The molecule has 0 spiro atoms. The van der Waals surface area contributed by atoms with Crippen molar-refractivity contribution in [1.82, 2.24) is 9.97 Å². The summed E-state index contributed by atoms with van der Waals surface area (Å²) < 4.78 is 0. The summed E-state index contributed by atoms with van der Waals surface area (Å²) in [7, 11) is 0. The molecule has 0 radical (unpaired) electrons. The molecule has 1 atom stereocenters. The Bertz CT molecular complexity index is 488. The number of carboxylic acid groups (broad SMARTS) is 1. The second-order valence-electron chi connectivity index (χ2n) is 5.95. The van der Waals surface area contributed by atoms with Crippen LogP contribution >= 0.6 is 0 Å². The van der Waals surface area contributed by atoms with Gasteiger partial charge in [0, 0.05) is 19.0 Å². The Kier molecular flexibility index (Phi) is 4.57. The van der Waals surface area contributed by atoms with Crippen LogP contribution in [0.4, 0.5) is 5.69 Å². The van der Waals surface area contributed by atoms with E-state index in [1.807, 2.05) is 13.8 Å². The van der Waals surface area contributed by atoms with Gasteiger partial charge in [-0.25, -0.2) is 14.8 Å². The van der Waals surface area contributed by atoms with Crippen molar-refractivity contribution in [2.75, 3.05) is 18.0 Å². The van der Waals surface area contributed by atoms with Gasteiger partial charge in [-0.2, -0.15) is 0 Å². The topological polar surface area (TPSA) is 66.3 Å². The van der Waals surface area contributed by atoms with Crippen molar-refractivity contribution in [3.63, 3.8) is 0 Å². The van der Waals surface area contributed by atoms with Crippen molar-refractivity contribution in [2.45, 2.75) is 46.0 Å². The fourth-order valence-electron chi connectivity index (χ4n) is 2.56. The highest BCUT2D eigenvalue weighted by Gasteiger charge is 2.22. The molecule has 5 heteroatoms. The normalized spacial score (nSPS) is 20.0. The zero-order valence-electron chi connectivity index (χ0n) is 12.5. The molecule has 1 saturated heterocycles. The van der Waals surface area contributed by atoms with Crippen LogP contribution in [0.2, 0.25) is 0 Å². The molecule has 5 nitrogen and oxygen atoms in total. The van der Waals surface area contributed by atoms with Crippen molar-refractivity contribution >= 4 is 11.7 Å². The molecule has 0 saturated carbocycles. The lowest BCUT2D eigenvalue weighted by molar-refractivity contribution is 0.0690. The average Bonchev–Trinajstić information content (AvgIpc) is 2.62. The van der Waals surface area contributed by atoms with Crippen LogP contribution in [0.3, 0.4) is 0 Å². The van der Waals surface area contributed by atoms with Gasteiger partial charge in [0.15, 0.2) is 5.69 Å². The van der Waals surface area contributed by atoms with E-state index in [1.54, 1.807) is 6.20 Å². The van der Waals surface area contributed by atoms with Gasteiger partial charge in [0.05, 0.1) is 11.9 Å². The van der Waals surface area contributed by atoms with Gasteiger partial charge >= 0.3 is 5.97 Å². The summed E-state index contributed by atoms with van der Waals surface area (Å²) in [5, 5.41) is 9.41. The van der Waals surface area contributed by atoms with Gasteiger partial charge < -0.3 is 10.0 Å².